The van der Waals surface area contributed by atoms with Crippen LogP contribution in [0.3, 0.4) is 0 Å². The molecular formula is C18H22N2O3S. The van der Waals surface area contributed by atoms with E-state index in [-0.39, 0.29) is 16.8 Å². The molecule has 0 aliphatic rings. The summed E-state index contributed by atoms with van der Waals surface area (Å²) in [7, 11) is -3.34. The third-order valence-electron chi connectivity index (χ3n) is 3.50. The van der Waals surface area contributed by atoms with E-state index in [2.05, 4.69) is 4.99 Å². The summed E-state index contributed by atoms with van der Waals surface area (Å²) in [5.74, 6) is -0.247. The van der Waals surface area contributed by atoms with Crippen LogP contribution in [0, 0.1) is 0 Å². The molecule has 0 atom stereocenters. The van der Waals surface area contributed by atoms with Gasteiger partial charge < -0.3 is 0 Å². The summed E-state index contributed by atoms with van der Waals surface area (Å²) in [5.41, 5.74) is 0.977. The molecule has 2 rings (SSSR count). The largest absolute Gasteiger partial charge is 0.268 e. The van der Waals surface area contributed by atoms with Crippen LogP contribution in [0.4, 0.5) is 0 Å². The predicted octanol–water partition coefficient (Wildman–Crippen LogP) is 2.67. The van der Waals surface area contributed by atoms with E-state index in [0.29, 0.717) is 11.1 Å². The lowest BCUT2D eigenvalue weighted by atomic mass is 10.2. The second-order valence-electron chi connectivity index (χ2n) is 6.07. The van der Waals surface area contributed by atoms with Gasteiger partial charge in [-0.1, -0.05) is 6.07 Å². The number of pyridine rings is 1. The number of carbonyl (C=O) groups is 1. The SMILES string of the molecule is CC(C)N=c1ccccn1C(=O)c1ccc(S(=O)(=O)C(C)C)cc1. The van der Waals surface area contributed by atoms with Gasteiger partial charge in [0.25, 0.3) is 5.91 Å². The molecule has 0 fully saturated rings. The van der Waals surface area contributed by atoms with Crippen molar-refractivity contribution < 1.29 is 13.2 Å². The summed E-state index contributed by atoms with van der Waals surface area (Å²) in [4.78, 5) is 17.4. The minimum Gasteiger partial charge on any atom is -0.268 e. The lowest BCUT2D eigenvalue weighted by molar-refractivity contribution is 0.0954. The van der Waals surface area contributed by atoms with E-state index >= 15 is 0 Å². The molecule has 1 aromatic carbocycles. The van der Waals surface area contributed by atoms with E-state index in [1.54, 1.807) is 32.2 Å². The van der Waals surface area contributed by atoms with Crippen LogP contribution in [0.15, 0.2) is 58.5 Å². The Kier molecular flexibility index (Phi) is 5.39. The maximum atomic E-state index is 12.7. The highest BCUT2D eigenvalue weighted by Gasteiger charge is 2.19. The molecule has 24 heavy (non-hydrogen) atoms. The third-order valence-corrected chi connectivity index (χ3v) is 5.67. The lowest BCUT2D eigenvalue weighted by Crippen LogP contribution is -2.28. The fraction of sp³-hybridized carbons (Fsp3) is 0.333. The number of aromatic nitrogens is 1. The summed E-state index contributed by atoms with van der Waals surface area (Å²) in [6.45, 7) is 7.14. The number of carbonyl (C=O) groups excluding carboxylic acids is 1. The van der Waals surface area contributed by atoms with Crippen LogP contribution in [0.25, 0.3) is 0 Å². The normalized spacial score (nSPS) is 12.8. The monoisotopic (exact) mass is 346 g/mol. The molecule has 128 valence electrons. The molecule has 1 aromatic heterocycles. The summed E-state index contributed by atoms with van der Waals surface area (Å²) in [6.07, 6.45) is 1.66. The first-order chi connectivity index (χ1) is 11.2. The van der Waals surface area contributed by atoms with Crippen LogP contribution in [0.2, 0.25) is 0 Å². The predicted molar refractivity (Wildman–Crippen MR) is 93.6 cm³/mol. The van der Waals surface area contributed by atoms with E-state index in [1.807, 2.05) is 19.9 Å². The Morgan fingerprint density at radius 2 is 1.62 bits per heavy atom. The first-order valence-corrected chi connectivity index (χ1v) is 9.38. The van der Waals surface area contributed by atoms with Crippen molar-refractivity contribution in [2.75, 3.05) is 0 Å². The highest BCUT2D eigenvalue weighted by molar-refractivity contribution is 7.92. The maximum absolute atomic E-state index is 12.7. The minimum absolute atomic E-state index is 0.0602. The smallest absolute Gasteiger partial charge is 0.263 e. The number of nitrogens with zero attached hydrogens (tertiary/aromatic N) is 2. The van der Waals surface area contributed by atoms with Crippen LogP contribution in [-0.4, -0.2) is 30.2 Å². The van der Waals surface area contributed by atoms with Crippen molar-refractivity contribution >= 4 is 15.7 Å². The molecule has 0 radical (unpaired) electrons. The fourth-order valence-corrected chi connectivity index (χ4v) is 3.23. The Morgan fingerprint density at radius 3 is 2.17 bits per heavy atom. The van der Waals surface area contributed by atoms with Gasteiger partial charge in [-0.3, -0.25) is 14.4 Å². The molecule has 2 aromatic rings. The van der Waals surface area contributed by atoms with Gasteiger partial charge in [0, 0.05) is 17.8 Å². The number of hydrogen-bond acceptors (Lipinski definition) is 4. The molecule has 1 heterocycles. The van der Waals surface area contributed by atoms with Crippen molar-refractivity contribution in [3.8, 4) is 0 Å². The van der Waals surface area contributed by atoms with Gasteiger partial charge in [-0.05, 0) is 64.1 Å². The van der Waals surface area contributed by atoms with Gasteiger partial charge in [0.15, 0.2) is 9.84 Å². The van der Waals surface area contributed by atoms with E-state index in [4.69, 9.17) is 0 Å². The summed E-state index contributed by atoms with van der Waals surface area (Å²) < 4.78 is 25.8. The Balaban J connectivity index is 2.43. The van der Waals surface area contributed by atoms with Crippen molar-refractivity contribution in [2.45, 2.75) is 43.9 Å². The summed E-state index contributed by atoms with van der Waals surface area (Å²) >= 11 is 0. The Bertz CT molecular complexity index is 892. The zero-order chi connectivity index (χ0) is 17.9. The maximum Gasteiger partial charge on any atom is 0.263 e. The van der Waals surface area contributed by atoms with Crippen LogP contribution >= 0.6 is 0 Å². The molecule has 5 nitrogen and oxygen atoms in total. The fourth-order valence-electron chi connectivity index (χ4n) is 2.17. The third kappa shape index (κ3) is 3.82. The number of hydrogen-bond donors (Lipinski definition) is 0. The van der Waals surface area contributed by atoms with Crippen molar-refractivity contribution in [3.05, 3.63) is 59.7 Å². The Hall–Kier alpha value is -2.21. The number of benzene rings is 1. The van der Waals surface area contributed by atoms with Gasteiger partial charge in [-0.25, -0.2) is 8.42 Å². The zero-order valence-corrected chi connectivity index (χ0v) is 15.1. The average molecular weight is 346 g/mol. The second-order valence-corrected chi connectivity index (χ2v) is 8.58. The quantitative estimate of drug-likeness (QED) is 0.855. The summed E-state index contributed by atoms with van der Waals surface area (Å²) in [6, 6.07) is 11.4. The molecule has 0 unspecified atom stereocenters. The first-order valence-electron chi connectivity index (χ1n) is 7.83. The molecule has 0 N–H and O–H groups in total. The first kappa shape index (κ1) is 18.1. The van der Waals surface area contributed by atoms with Gasteiger partial charge in [0.1, 0.15) is 5.49 Å². The minimum atomic E-state index is -3.34. The van der Waals surface area contributed by atoms with Gasteiger partial charge >= 0.3 is 0 Å². The van der Waals surface area contributed by atoms with E-state index < -0.39 is 15.1 Å². The number of rotatable bonds is 4. The zero-order valence-electron chi connectivity index (χ0n) is 14.3. The standard InChI is InChI=1S/C18H22N2O3S/c1-13(2)19-17-7-5-6-12-20(17)18(21)15-8-10-16(11-9-15)24(22,23)14(3)4/h5-14H,1-4H3. The molecule has 0 aliphatic heterocycles. The van der Waals surface area contributed by atoms with Crippen LogP contribution in [0.5, 0.6) is 0 Å². The van der Waals surface area contributed by atoms with Gasteiger partial charge in [0.2, 0.25) is 0 Å². The van der Waals surface area contributed by atoms with E-state index in [1.165, 1.54) is 28.8 Å². The van der Waals surface area contributed by atoms with Crippen molar-refractivity contribution in [2.24, 2.45) is 4.99 Å². The molecular weight excluding hydrogens is 324 g/mol. The molecule has 0 saturated carbocycles. The average Bonchev–Trinajstić information content (AvgIpc) is 2.54. The number of sulfone groups is 1. The van der Waals surface area contributed by atoms with Gasteiger partial charge in [-0.15, -0.1) is 0 Å². The molecule has 0 spiro atoms. The highest BCUT2D eigenvalue weighted by Crippen LogP contribution is 2.16. The van der Waals surface area contributed by atoms with Gasteiger partial charge in [0.05, 0.1) is 10.1 Å². The van der Waals surface area contributed by atoms with Crippen LogP contribution in [-0.2, 0) is 9.84 Å². The highest BCUT2D eigenvalue weighted by atomic mass is 32.2. The molecule has 0 bridgehead atoms. The Labute approximate surface area is 142 Å². The van der Waals surface area contributed by atoms with Gasteiger partial charge in [-0.2, -0.15) is 0 Å². The van der Waals surface area contributed by atoms with E-state index in [9.17, 15) is 13.2 Å². The second kappa shape index (κ2) is 7.13. The molecule has 0 aliphatic carbocycles. The van der Waals surface area contributed by atoms with Crippen molar-refractivity contribution in [1.82, 2.24) is 4.57 Å². The summed E-state index contributed by atoms with van der Waals surface area (Å²) in [5, 5.41) is -0.501. The topological polar surface area (TPSA) is 68.5 Å². The van der Waals surface area contributed by atoms with Crippen LogP contribution in [0.1, 0.15) is 38.1 Å². The van der Waals surface area contributed by atoms with E-state index in [0.717, 1.165) is 0 Å². The molecule has 6 heteroatoms. The lowest BCUT2D eigenvalue weighted by Gasteiger charge is -2.10. The van der Waals surface area contributed by atoms with Crippen LogP contribution < -0.4 is 5.49 Å². The molecule has 0 saturated heterocycles. The van der Waals surface area contributed by atoms with Crippen molar-refractivity contribution in [3.63, 3.8) is 0 Å². The Morgan fingerprint density at radius 1 is 1.00 bits per heavy atom. The molecule has 0 amide bonds. The van der Waals surface area contributed by atoms with Crippen molar-refractivity contribution in [1.29, 1.82) is 0 Å².